The van der Waals surface area contributed by atoms with Gasteiger partial charge in [0.05, 0.1) is 0 Å². The molecule has 0 aliphatic carbocycles. The maximum Gasteiger partial charge on any atom is 0.306 e. The van der Waals surface area contributed by atoms with Gasteiger partial charge in [-0.05, 0) is 116 Å². The summed E-state index contributed by atoms with van der Waals surface area (Å²) in [6.45, 7) is 6.47. The van der Waals surface area contributed by atoms with E-state index in [1.807, 2.05) is 0 Å². The summed E-state index contributed by atoms with van der Waals surface area (Å²) in [7, 11) is 0. The molecule has 0 saturated carbocycles. The van der Waals surface area contributed by atoms with E-state index >= 15 is 0 Å². The van der Waals surface area contributed by atoms with Crippen molar-refractivity contribution in [3.05, 3.63) is 97.2 Å². The molecule has 1 atom stereocenters. The first-order valence-corrected chi connectivity index (χ1v) is 32.2. The topological polar surface area (TPSA) is 78.9 Å². The molecule has 0 aromatic carbocycles. The molecule has 6 heteroatoms. The van der Waals surface area contributed by atoms with E-state index < -0.39 is 6.10 Å². The number of carbonyl (C=O) groups is 3. The van der Waals surface area contributed by atoms with Gasteiger partial charge in [0.25, 0.3) is 0 Å². The maximum atomic E-state index is 12.9. The van der Waals surface area contributed by atoms with Crippen LogP contribution in [0, 0.1) is 0 Å². The van der Waals surface area contributed by atoms with E-state index in [1.165, 1.54) is 154 Å². The van der Waals surface area contributed by atoms with E-state index in [0.29, 0.717) is 19.3 Å². The highest BCUT2D eigenvalue weighted by Gasteiger charge is 2.19. The molecule has 76 heavy (non-hydrogen) atoms. The summed E-state index contributed by atoms with van der Waals surface area (Å²) >= 11 is 0. The summed E-state index contributed by atoms with van der Waals surface area (Å²) in [5, 5.41) is 0. The van der Waals surface area contributed by atoms with Gasteiger partial charge in [-0.3, -0.25) is 14.4 Å². The molecule has 0 saturated heterocycles. The summed E-state index contributed by atoms with van der Waals surface area (Å²) in [5.41, 5.74) is 0. The molecule has 6 nitrogen and oxygen atoms in total. The number of allylic oxidation sites excluding steroid dienone is 16. The molecule has 0 aliphatic heterocycles. The summed E-state index contributed by atoms with van der Waals surface area (Å²) in [6, 6.07) is 0. The Kier molecular flexibility index (Phi) is 60.8. The van der Waals surface area contributed by atoms with E-state index in [4.69, 9.17) is 14.2 Å². The molecule has 1 unspecified atom stereocenters. The Morgan fingerprint density at radius 1 is 0.276 bits per heavy atom. The fourth-order valence-electron chi connectivity index (χ4n) is 8.95. The van der Waals surface area contributed by atoms with Crippen LogP contribution in [0.15, 0.2) is 97.2 Å². The second-order valence-corrected chi connectivity index (χ2v) is 21.3. The zero-order chi connectivity index (χ0) is 55.0. The number of ether oxygens (including phenoxy) is 3. The normalized spacial score (nSPS) is 12.7. The van der Waals surface area contributed by atoms with E-state index in [1.54, 1.807) is 0 Å². The lowest BCUT2D eigenvalue weighted by molar-refractivity contribution is -0.167. The molecule has 0 radical (unpaired) electrons. The molecule has 0 aliphatic rings. The number of carbonyl (C=O) groups excluding carboxylic acids is 3. The zero-order valence-electron chi connectivity index (χ0n) is 50.0. The Morgan fingerprint density at radius 3 is 0.842 bits per heavy atom. The third-order valence-corrected chi connectivity index (χ3v) is 13.8. The van der Waals surface area contributed by atoms with E-state index in [0.717, 1.165) is 116 Å². The fraction of sp³-hybridized carbons (Fsp3) is 0.729. The number of hydrogen-bond donors (Lipinski definition) is 0. The van der Waals surface area contributed by atoms with Crippen LogP contribution in [-0.4, -0.2) is 37.2 Å². The van der Waals surface area contributed by atoms with Crippen LogP contribution in [0.2, 0.25) is 0 Å². The molecule has 0 bridgehead atoms. The van der Waals surface area contributed by atoms with Gasteiger partial charge in [-0.1, -0.05) is 272 Å². The van der Waals surface area contributed by atoms with Crippen molar-refractivity contribution in [1.29, 1.82) is 0 Å². The van der Waals surface area contributed by atoms with Crippen molar-refractivity contribution < 1.29 is 28.6 Å². The molecule has 0 heterocycles. The Hall–Kier alpha value is -3.67. The molecular formula is C70H120O6. The Morgan fingerprint density at radius 2 is 0.526 bits per heavy atom. The standard InChI is InChI=1S/C70H120O6/c1-4-7-10-13-16-19-22-25-28-30-31-32-33-34-35-36-37-38-39-41-42-45-48-51-54-57-60-63-69(72)75-66-67(65-74-68(71)62-59-56-53-50-47-44-27-24-21-18-15-12-9-6-3)76-70(73)64-61-58-55-52-49-46-43-40-29-26-23-20-17-14-11-8-5-2/h7,10,15-20,24-29,31-32,67H,4-6,8-9,11-14,21-23,30,33-66H2,1-3H3/b10-7-,18-15-,19-16-,20-17-,27-24-,28-25-,29-26-,32-31-. The van der Waals surface area contributed by atoms with Gasteiger partial charge >= 0.3 is 17.9 Å². The molecule has 0 aromatic rings. The lowest BCUT2D eigenvalue weighted by atomic mass is 10.0. The van der Waals surface area contributed by atoms with E-state index in [2.05, 4.69) is 118 Å². The van der Waals surface area contributed by atoms with Gasteiger partial charge in [0.2, 0.25) is 0 Å². The third kappa shape index (κ3) is 61.2. The van der Waals surface area contributed by atoms with Crippen LogP contribution in [0.1, 0.15) is 310 Å². The first-order chi connectivity index (χ1) is 37.5. The quantitative estimate of drug-likeness (QED) is 0.0261. The van der Waals surface area contributed by atoms with E-state index in [-0.39, 0.29) is 31.1 Å². The van der Waals surface area contributed by atoms with Crippen molar-refractivity contribution >= 4 is 17.9 Å². The predicted molar refractivity (Wildman–Crippen MR) is 330 cm³/mol. The van der Waals surface area contributed by atoms with Gasteiger partial charge in [-0.15, -0.1) is 0 Å². The van der Waals surface area contributed by atoms with Crippen LogP contribution >= 0.6 is 0 Å². The van der Waals surface area contributed by atoms with Crippen LogP contribution in [0.5, 0.6) is 0 Å². The molecule has 0 N–H and O–H groups in total. The highest BCUT2D eigenvalue weighted by molar-refractivity contribution is 5.71. The minimum Gasteiger partial charge on any atom is -0.462 e. The van der Waals surface area contributed by atoms with Gasteiger partial charge in [-0.2, -0.15) is 0 Å². The van der Waals surface area contributed by atoms with Crippen molar-refractivity contribution in [2.75, 3.05) is 13.2 Å². The maximum absolute atomic E-state index is 12.9. The van der Waals surface area contributed by atoms with Gasteiger partial charge in [0.15, 0.2) is 6.10 Å². The fourth-order valence-corrected chi connectivity index (χ4v) is 8.95. The smallest absolute Gasteiger partial charge is 0.306 e. The van der Waals surface area contributed by atoms with Gasteiger partial charge in [0, 0.05) is 19.3 Å². The highest BCUT2D eigenvalue weighted by Crippen LogP contribution is 2.16. The molecule has 0 fully saturated rings. The van der Waals surface area contributed by atoms with Crippen LogP contribution in [0.25, 0.3) is 0 Å². The van der Waals surface area contributed by atoms with Crippen LogP contribution in [0.3, 0.4) is 0 Å². The SMILES string of the molecule is CC/C=C\C/C=C\C/C=C\C/C=C\CCCCCCCCCCCCCCCCC(=O)OCC(COC(=O)CCCCCCC/C=C\C/C=C\CCCC)OC(=O)CCCCCCCCC/C=C\C/C=C\CCCCC. The first kappa shape index (κ1) is 72.3. The number of hydrogen-bond acceptors (Lipinski definition) is 6. The third-order valence-electron chi connectivity index (χ3n) is 13.8. The van der Waals surface area contributed by atoms with Crippen molar-refractivity contribution in [2.45, 2.75) is 316 Å². The molecule has 0 rings (SSSR count). The summed E-state index contributed by atoms with van der Waals surface area (Å²) < 4.78 is 16.9. The zero-order valence-corrected chi connectivity index (χ0v) is 50.0. The highest BCUT2D eigenvalue weighted by atomic mass is 16.6. The van der Waals surface area contributed by atoms with Crippen LogP contribution < -0.4 is 0 Å². The molecule has 0 aromatic heterocycles. The molecule has 0 amide bonds. The monoisotopic (exact) mass is 1060 g/mol. The van der Waals surface area contributed by atoms with Crippen molar-refractivity contribution in [3.8, 4) is 0 Å². The second kappa shape index (κ2) is 63.9. The van der Waals surface area contributed by atoms with Crippen LogP contribution in [0.4, 0.5) is 0 Å². The van der Waals surface area contributed by atoms with Crippen molar-refractivity contribution in [1.82, 2.24) is 0 Å². The summed E-state index contributed by atoms with van der Waals surface area (Å²) in [5.74, 6) is -0.897. The van der Waals surface area contributed by atoms with Gasteiger partial charge in [-0.25, -0.2) is 0 Å². The minimum atomic E-state index is -0.789. The van der Waals surface area contributed by atoms with Crippen LogP contribution in [-0.2, 0) is 28.6 Å². The Balaban J connectivity index is 4.30. The van der Waals surface area contributed by atoms with Gasteiger partial charge < -0.3 is 14.2 Å². The molecule has 436 valence electrons. The summed E-state index contributed by atoms with van der Waals surface area (Å²) in [6.07, 6.45) is 85.5. The number of rotatable bonds is 58. The summed E-state index contributed by atoms with van der Waals surface area (Å²) in [4.78, 5) is 38.3. The Labute approximate surface area is 470 Å². The minimum absolute atomic E-state index is 0.0843. The van der Waals surface area contributed by atoms with Gasteiger partial charge in [0.1, 0.15) is 13.2 Å². The van der Waals surface area contributed by atoms with E-state index in [9.17, 15) is 14.4 Å². The lowest BCUT2D eigenvalue weighted by Gasteiger charge is -2.18. The molecule has 0 spiro atoms. The largest absolute Gasteiger partial charge is 0.462 e. The average Bonchev–Trinajstić information content (AvgIpc) is 3.42. The predicted octanol–water partition coefficient (Wildman–Crippen LogP) is 22.0. The number of unbranched alkanes of at least 4 members (excludes halogenated alkanes) is 31. The lowest BCUT2D eigenvalue weighted by Crippen LogP contribution is -2.30. The Bertz CT molecular complexity index is 1490. The number of esters is 3. The van der Waals surface area contributed by atoms with Crippen molar-refractivity contribution in [3.63, 3.8) is 0 Å². The van der Waals surface area contributed by atoms with Crippen molar-refractivity contribution in [2.24, 2.45) is 0 Å². The first-order valence-electron chi connectivity index (χ1n) is 32.2. The average molecular weight is 1060 g/mol. The molecular weight excluding hydrogens is 937 g/mol. The second-order valence-electron chi connectivity index (χ2n) is 21.3.